The van der Waals surface area contributed by atoms with E-state index in [1.54, 1.807) is 13.8 Å². The number of carbonyl (C=O) groups excluding carboxylic acids is 2. The number of hydrogen-bond donors (Lipinski definition) is 0. The van der Waals surface area contributed by atoms with Crippen molar-refractivity contribution in [3.8, 4) is 0 Å². The van der Waals surface area contributed by atoms with E-state index in [1.807, 2.05) is 0 Å². The number of carbonyl (C=O) groups is 2. The first-order valence-corrected chi connectivity index (χ1v) is 5.70. The molecule has 18 heavy (non-hydrogen) atoms. The molecule has 1 atom stereocenters. The zero-order valence-electron chi connectivity index (χ0n) is 10.9. The van der Waals surface area contributed by atoms with Crippen molar-refractivity contribution < 1.29 is 23.1 Å². The van der Waals surface area contributed by atoms with E-state index < -0.39 is 30.7 Å². The van der Waals surface area contributed by atoms with Crippen molar-refractivity contribution in [1.29, 1.82) is 0 Å². The molecule has 2 amide bonds. The molecular formula is C11H18F2N2O3. The van der Waals surface area contributed by atoms with Gasteiger partial charge in [-0.1, -0.05) is 13.8 Å². The maximum absolute atomic E-state index is 13.7. The van der Waals surface area contributed by atoms with Crippen LogP contribution in [0.5, 0.6) is 0 Å². The SMILES string of the molecule is CC(C)CC(=O)OC1N(C)C(=O)N(C)CC1(F)F. The molecule has 1 heterocycles. The minimum Gasteiger partial charge on any atom is -0.435 e. The first-order valence-electron chi connectivity index (χ1n) is 5.70. The fourth-order valence-electron chi connectivity index (χ4n) is 1.79. The molecule has 5 nitrogen and oxygen atoms in total. The number of alkyl halides is 2. The van der Waals surface area contributed by atoms with E-state index in [0.717, 1.165) is 9.80 Å². The number of halogens is 2. The molecule has 1 fully saturated rings. The molecule has 1 aliphatic rings. The number of rotatable bonds is 3. The number of nitrogens with zero attached hydrogens (tertiary/aromatic N) is 2. The molecule has 0 bridgehead atoms. The van der Waals surface area contributed by atoms with E-state index in [9.17, 15) is 18.4 Å². The molecule has 0 radical (unpaired) electrons. The number of urea groups is 1. The van der Waals surface area contributed by atoms with Crippen LogP contribution >= 0.6 is 0 Å². The molecule has 1 rings (SSSR count). The van der Waals surface area contributed by atoms with Crippen LogP contribution in [0.4, 0.5) is 13.6 Å². The summed E-state index contributed by atoms with van der Waals surface area (Å²) in [5.74, 6) is -3.98. The maximum atomic E-state index is 13.7. The van der Waals surface area contributed by atoms with Crippen LogP contribution < -0.4 is 0 Å². The van der Waals surface area contributed by atoms with Gasteiger partial charge in [0.25, 0.3) is 0 Å². The van der Waals surface area contributed by atoms with Crippen molar-refractivity contribution in [2.24, 2.45) is 5.92 Å². The second-order valence-electron chi connectivity index (χ2n) is 4.95. The van der Waals surface area contributed by atoms with Crippen LogP contribution in [0.2, 0.25) is 0 Å². The highest BCUT2D eigenvalue weighted by Crippen LogP contribution is 2.30. The monoisotopic (exact) mass is 264 g/mol. The standard InChI is InChI=1S/C11H18F2N2O3/c1-7(2)5-8(16)18-9-11(12,13)6-14(3)10(17)15(9)4/h7,9H,5-6H2,1-4H3. The van der Waals surface area contributed by atoms with Gasteiger partial charge in [-0.3, -0.25) is 9.69 Å². The summed E-state index contributed by atoms with van der Waals surface area (Å²) in [6.07, 6.45) is -1.78. The average molecular weight is 264 g/mol. The lowest BCUT2D eigenvalue weighted by Crippen LogP contribution is -2.63. The zero-order valence-corrected chi connectivity index (χ0v) is 10.9. The van der Waals surface area contributed by atoms with Crippen molar-refractivity contribution in [3.63, 3.8) is 0 Å². The van der Waals surface area contributed by atoms with Gasteiger partial charge in [0, 0.05) is 20.5 Å². The Balaban J connectivity index is 2.78. The highest BCUT2D eigenvalue weighted by molar-refractivity contribution is 5.76. The van der Waals surface area contributed by atoms with Crippen LogP contribution in [-0.4, -0.2) is 54.6 Å². The van der Waals surface area contributed by atoms with Gasteiger partial charge in [-0.15, -0.1) is 0 Å². The molecule has 0 saturated carbocycles. The lowest BCUT2D eigenvalue weighted by Gasteiger charge is -2.41. The first kappa shape index (κ1) is 14.7. The Morgan fingerprint density at radius 2 is 2.06 bits per heavy atom. The average Bonchev–Trinajstić information content (AvgIpc) is 2.20. The minimum atomic E-state index is -3.27. The van der Waals surface area contributed by atoms with Crippen molar-refractivity contribution >= 4 is 12.0 Å². The fourth-order valence-corrected chi connectivity index (χ4v) is 1.79. The van der Waals surface area contributed by atoms with E-state index in [4.69, 9.17) is 4.74 Å². The van der Waals surface area contributed by atoms with Crippen LogP contribution in [0.3, 0.4) is 0 Å². The second-order valence-corrected chi connectivity index (χ2v) is 4.95. The lowest BCUT2D eigenvalue weighted by atomic mass is 10.1. The molecule has 1 saturated heterocycles. The third-order valence-electron chi connectivity index (χ3n) is 2.61. The molecule has 7 heteroatoms. The summed E-state index contributed by atoms with van der Waals surface area (Å²) in [5, 5.41) is 0. The van der Waals surface area contributed by atoms with E-state index in [2.05, 4.69) is 0 Å². The van der Waals surface area contributed by atoms with Crippen molar-refractivity contribution in [3.05, 3.63) is 0 Å². The van der Waals surface area contributed by atoms with Gasteiger partial charge >= 0.3 is 17.9 Å². The minimum absolute atomic E-state index is 0.0124. The third-order valence-corrected chi connectivity index (χ3v) is 2.61. The summed E-state index contributed by atoms with van der Waals surface area (Å²) < 4.78 is 32.2. The van der Waals surface area contributed by atoms with E-state index in [1.165, 1.54) is 14.1 Å². The Hall–Kier alpha value is -1.40. The summed E-state index contributed by atoms with van der Waals surface area (Å²) in [4.78, 5) is 24.6. The molecule has 0 aromatic carbocycles. The van der Waals surface area contributed by atoms with Crippen molar-refractivity contribution in [2.45, 2.75) is 32.4 Å². The number of ether oxygens (including phenoxy) is 1. The first-order chi connectivity index (χ1) is 8.15. The Kier molecular flexibility index (Phi) is 4.13. The number of amides is 2. The molecule has 0 aromatic heterocycles. The maximum Gasteiger partial charge on any atom is 0.322 e. The molecular weight excluding hydrogens is 246 g/mol. The molecule has 1 aliphatic heterocycles. The molecule has 0 spiro atoms. The largest absolute Gasteiger partial charge is 0.435 e. The van der Waals surface area contributed by atoms with E-state index >= 15 is 0 Å². The summed E-state index contributed by atoms with van der Waals surface area (Å²) in [7, 11) is 2.47. The van der Waals surface area contributed by atoms with Gasteiger partial charge in [-0.05, 0) is 5.92 Å². The quantitative estimate of drug-likeness (QED) is 0.726. The van der Waals surface area contributed by atoms with Crippen LogP contribution in [0, 0.1) is 5.92 Å². The smallest absolute Gasteiger partial charge is 0.322 e. The molecule has 104 valence electrons. The van der Waals surface area contributed by atoms with Crippen molar-refractivity contribution in [1.82, 2.24) is 9.80 Å². The van der Waals surface area contributed by atoms with Crippen molar-refractivity contribution in [2.75, 3.05) is 20.6 Å². The normalized spacial score (nSPS) is 23.5. The highest BCUT2D eigenvalue weighted by atomic mass is 19.3. The van der Waals surface area contributed by atoms with Crippen LogP contribution in [-0.2, 0) is 9.53 Å². The third kappa shape index (κ3) is 3.08. The van der Waals surface area contributed by atoms with Gasteiger partial charge in [0.15, 0.2) is 0 Å². The molecule has 0 N–H and O–H groups in total. The van der Waals surface area contributed by atoms with Crippen LogP contribution in [0.25, 0.3) is 0 Å². The summed E-state index contributed by atoms with van der Waals surface area (Å²) in [5.41, 5.74) is 0. The lowest BCUT2D eigenvalue weighted by molar-refractivity contribution is -0.210. The van der Waals surface area contributed by atoms with Crippen LogP contribution in [0.1, 0.15) is 20.3 Å². The van der Waals surface area contributed by atoms with Gasteiger partial charge in [-0.2, -0.15) is 8.78 Å². The topological polar surface area (TPSA) is 49.9 Å². The Morgan fingerprint density at radius 3 is 2.56 bits per heavy atom. The second kappa shape index (κ2) is 5.07. The summed E-state index contributed by atoms with van der Waals surface area (Å²) in [6, 6.07) is -0.594. The number of hydrogen-bond acceptors (Lipinski definition) is 3. The molecule has 0 aliphatic carbocycles. The predicted molar refractivity (Wildman–Crippen MR) is 60.1 cm³/mol. The van der Waals surface area contributed by atoms with Gasteiger partial charge in [0.2, 0.25) is 6.23 Å². The van der Waals surface area contributed by atoms with Crippen LogP contribution in [0.15, 0.2) is 0 Å². The van der Waals surface area contributed by atoms with Gasteiger partial charge in [-0.25, -0.2) is 4.79 Å². The van der Waals surface area contributed by atoms with Gasteiger partial charge in [0.1, 0.15) is 0 Å². The zero-order chi connectivity index (χ0) is 14.1. The van der Waals surface area contributed by atoms with Gasteiger partial charge < -0.3 is 9.64 Å². The Labute approximate surface area is 105 Å². The Morgan fingerprint density at radius 1 is 1.50 bits per heavy atom. The Bertz CT molecular complexity index is 347. The predicted octanol–water partition coefficient (Wildman–Crippen LogP) is 1.53. The summed E-state index contributed by atoms with van der Waals surface area (Å²) >= 11 is 0. The highest BCUT2D eigenvalue weighted by Gasteiger charge is 2.52. The summed E-state index contributed by atoms with van der Waals surface area (Å²) in [6.45, 7) is 2.81. The number of esters is 1. The van der Waals surface area contributed by atoms with E-state index in [-0.39, 0.29) is 12.3 Å². The molecule has 1 unspecified atom stereocenters. The molecule has 0 aromatic rings. The van der Waals surface area contributed by atoms with Gasteiger partial charge in [0.05, 0.1) is 6.54 Å². The van der Waals surface area contributed by atoms with E-state index in [0.29, 0.717) is 0 Å². The fraction of sp³-hybridized carbons (Fsp3) is 0.818.